The van der Waals surface area contributed by atoms with Crippen molar-refractivity contribution < 1.29 is 14.3 Å². The fourth-order valence-electron chi connectivity index (χ4n) is 1.74. The number of ether oxygens (including phenoxy) is 1. The molecule has 0 fully saturated rings. The van der Waals surface area contributed by atoms with E-state index in [0.29, 0.717) is 22.9 Å². The van der Waals surface area contributed by atoms with Crippen molar-refractivity contribution in [3.8, 4) is 5.75 Å². The summed E-state index contributed by atoms with van der Waals surface area (Å²) >= 11 is 5.90. The van der Waals surface area contributed by atoms with E-state index in [-0.39, 0.29) is 18.2 Å². The number of halogens is 1. The Hall–Kier alpha value is -1.75. The standard InChI is InChI=1S/C14H19ClN2O3/c1-4-16-14(19)9(2)17-13(18)8-10-7-11(15)5-6-12(10)20-3/h5-7,9H,4,8H2,1-3H3,(H,16,19)(H,17,18)/t9-/m1/s1. The zero-order chi connectivity index (χ0) is 15.1. The van der Waals surface area contributed by atoms with Crippen molar-refractivity contribution in [3.05, 3.63) is 28.8 Å². The van der Waals surface area contributed by atoms with E-state index < -0.39 is 6.04 Å². The molecule has 1 aromatic carbocycles. The van der Waals surface area contributed by atoms with Crippen LogP contribution in [0.25, 0.3) is 0 Å². The molecule has 2 amide bonds. The van der Waals surface area contributed by atoms with Crippen LogP contribution in [-0.4, -0.2) is 31.5 Å². The molecule has 2 N–H and O–H groups in total. The van der Waals surface area contributed by atoms with Crippen LogP contribution in [0.1, 0.15) is 19.4 Å². The van der Waals surface area contributed by atoms with Gasteiger partial charge >= 0.3 is 0 Å². The summed E-state index contributed by atoms with van der Waals surface area (Å²) in [7, 11) is 1.53. The number of carbonyl (C=O) groups excluding carboxylic acids is 2. The second kappa shape index (κ2) is 7.75. The molecule has 20 heavy (non-hydrogen) atoms. The first kappa shape index (κ1) is 16.3. The second-order valence-electron chi connectivity index (χ2n) is 4.32. The van der Waals surface area contributed by atoms with Crippen molar-refractivity contribution in [1.82, 2.24) is 10.6 Å². The molecule has 0 aliphatic rings. The molecule has 0 spiro atoms. The van der Waals surface area contributed by atoms with E-state index in [1.165, 1.54) is 7.11 Å². The summed E-state index contributed by atoms with van der Waals surface area (Å²) in [6.45, 7) is 3.99. The molecule has 0 aliphatic heterocycles. The SMILES string of the molecule is CCNC(=O)[C@@H](C)NC(=O)Cc1cc(Cl)ccc1OC. The van der Waals surface area contributed by atoms with Crippen molar-refractivity contribution >= 4 is 23.4 Å². The first-order valence-electron chi connectivity index (χ1n) is 6.37. The van der Waals surface area contributed by atoms with Crippen LogP contribution in [0.2, 0.25) is 5.02 Å². The Balaban J connectivity index is 2.67. The number of amides is 2. The summed E-state index contributed by atoms with van der Waals surface area (Å²) in [5.74, 6) is 0.124. The van der Waals surface area contributed by atoms with Crippen molar-refractivity contribution in [3.63, 3.8) is 0 Å². The summed E-state index contributed by atoms with van der Waals surface area (Å²) in [6, 6.07) is 4.50. The highest BCUT2D eigenvalue weighted by atomic mass is 35.5. The van der Waals surface area contributed by atoms with Crippen LogP contribution in [0.3, 0.4) is 0 Å². The third-order valence-corrected chi connectivity index (χ3v) is 2.95. The van der Waals surface area contributed by atoms with Gasteiger partial charge in [-0.3, -0.25) is 9.59 Å². The Kier molecular flexibility index (Phi) is 6.31. The number of carbonyl (C=O) groups is 2. The number of likely N-dealkylation sites (N-methyl/N-ethyl adjacent to an activating group) is 1. The number of nitrogens with one attached hydrogen (secondary N) is 2. The van der Waals surface area contributed by atoms with E-state index in [9.17, 15) is 9.59 Å². The van der Waals surface area contributed by atoms with Crippen molar-refractivity contribution in [2.45, 2.75) is 26.3 Å². The lowest BCUT2D eigenvalue weighted by Crippen LogP contribution is -2.45. The van der Waals surface area contributed by atoms with Crippen LogP contribution in [0.15, 0.2) is 18.2 Å². The first-order chi connectivity index (χ1) is 9.47. The van der Waals surface area contributed by atoms with Crippen LogP contribution in [0.5, 0.6) is 5.75 Å². The van der Waals surface area contributed by atoms with Crippen LogP contribution in [0, 0.1) is 0 Å². The van der Waals surface area contributed by atoms with E-state index in [1.807, 2.05) is 6.92 Å². The van der Waals surface area contributed by atoms with Gasteiger partial charge in [0.05, 0.1) is 13.5 Å². The van der Waals surface area contributed by atoms with E-state index in [1.54, 1.807) is 25.1 Å². The molecule has 110 valence electrons. The Morgan fingerprint density at radius 2 is 2.10 bits per heavy atom. The molecular weight excluding hydrogens is 280 g/mol. The normalized spacial score (nSPS) is 11.6. The van der Waals surface area contributed by atoms with Gasteiger partial charge < -0.3 is 15.4 Å². The Labute approximate surface area is 123 Å². The van der Waals surface area contributed by atoms with Gasteiger partial charge in [-0.25, -0.2) is 0 Å². The summed E-state index contributed by atoms with van der Waals surface area (Å²) < 4.78 is 5.17. The maximum atomic E-state index is 11.9. The molecule has 1 atom stereocenters. The predicted molar refractivity (Wildman–Crippen MR) is 78.0 cm³/mol. The number of methoxy groups -OCH3 is 1. The van der Waals surface area contributed by atoms with Gasteiger partial charge in [0.1, 0.15) is 11.8 Å². The lowest BCUT2D eigenvalue weighted by Gasteiger charge is -2.14. The van der Waals surface area contributed by atoms with Crippen LogP contribution < -0.4 is 15.4 Å². The van der Waals surface area contributed by atoms with Gasteiger partial charge in [0, 0.05) is 17.1 Å². The van der Waals surface area contributed by atoms with Crippen LogP contribution >= 0.6 is 11.6 Å². The molecule has 1 rings (SSSR count). The molecule has 0 aromatic heterocycles. The van der Waals surface area contributed by atoms with Crippen LogP contribution in [-0.2, 0) is 16.0 Å². The maximum absolute atomic E-state index is 11.9. The molecule has 0 heterocycles. The van der Waals surface area contributed by atoms with Crippen molar-refractivity contribution in [2.75, 3.05) is 13.7 Å². The number of hydrogen-bond acceptors (Lipinski definition) is 3. The Bertz CT molecular complexity index is 491. The molecule has 0 bridgehead atoms. The minimum absolute atomic E-state index is 0.105. The Morgan fingerprint density at radius 1 is 1.40 bits per heavy atom. The van der Waals surface area contributed by atoms with Crippen LogP contribution in [0.4, 0.5) is 0 Å². The Morgan fingerprint density at radius 3 is 2.70 bits per heavy atom. The van der Waals surface area contributed by atoms with E-state index in [0.717, 1.165) is 0 Å². The molecule has 0 saturated carbocycles. The first-order valence-corrected chi connectivity index (χ1v) is 6.75. The van der Waals surface area contributed by atoms with Gasteiger partial charge in [0.25, 0.3) is 0 Å². The monoisotopic (exact) mass is 298 g/mol. The number of hydrogen-bond donors (Lipinski definition) is 2. The molecule has 0 unspecified atom stereocenters. The molecule has 6 heteroatoms. The fourth-order valence-corrected chi connectivity index (χ4v) is 1.94. The molecule has 0 radical (unpaired) electrons. The third-order valence-electron chi connectivity index (χ3n) is 2.72. The molecule has 0 aliphatic carbocycles. The van der Waals surface area contributed by atoms with E-state index in [4.69, 9.17) is 16.3 Å². The van der Waals surface area contributed by atoms with Gasteiger partial charge in [-0.2, -0.15) is 0 Å². The third kappa shape index (κ3) is 4.74. The number of benzene rings is 1. The molecule has 1 aromatic rings. The highest BCUT2D eigenvalue weighted by Gasteiger charge is 2.16. The summed E-state index contributed by atoms with van der Waals surface area (Å²) in [5.41, 5.74) is 0.681. The van der Waals surface area contributed by atoms with E-state index >= 15 is 0 Å². The average molecular weight is 299 g/mol. The quantitative estimate of drug-likeness (QED) is 0.837. The predicted octanol–water partition coefficient (Wildman–Crippen LogP) is 1.53. The van der Waals surface area contributed by atoms with Gasteiger partial charge in [0.2, 0.25) is 11.8 Å². The van der Waals surface area contributed by atoms with Gasteiger partial charge in [-0.15, -0.1) is 0 Å². The fraction of sp³-hybridized carbons (Fsp3) is 0.429. The second-order valence-corrected chi connectivity index (χ2v) is 4.75. The lowest BCUT2D eigenvalue weighted by atomic mass is 10.1. The van der Waals surface area contributed by atoms with E-state index in [2.05, 4.69) is 10.6 Å². The van der Waals surface area contributed by atoms with Crippen molar-refractivity contribution in [1.29, 1.82) is 0 Å². The highest BCUT2D eigenvalue weighted by molar-refractivity contribution is 6.30. The summed E-state index contributed by atoms with van der Waals surface area (Å²) in [4.78, 5) is 23.5. The van der Waals surface area contributed by atoms with Gasteiger partial charge in [0.15, 0.2) is 0 Å². The lowest BCUT2D eigenvalue weighted by molar-refractivity contribution is -0.128. The summed E-state index contributed by atoms with van der Waals surface area (Å²) in [5, 5.41) is 5.81. The van der Waals surface area contributed by atoms with Gasteiger partial charge in [-0.1, -0.05) is 11.6 Å². The smallest absolute Gasteiger partial charge is 0.242 e. The highest BCUT2D eigenvalue weighted by Crippen LogP contribution is 2.22. The minimum atomic E-state index is -0.576. The zero-order valence-corrected chi connectivity index (χ0v) is 12.6. The minimum Gasteiger partial charge on any atom is -0.496 e. The molecule has 0 saturated heterocycles. The topological polar surface area (TPSA) is 67.4 Å². The zero-order valence-electron chi connectivity index (χ0n) is 11.8. The molecular formula is C14H19ClN2O3. The van der Waals surface area contributed by atoms with Crippen molar-refractivity contribution in [2.24, 2.45) is 0 Å². The maximum Gasteiger partial charge on any atom is 0.242 e. The molecule has 5 nitrogen and oxygen atoms in total. The average Bonchev–Trinajstić information content (AvgIpc) is 2.39. The largest absolute Gasteiger partial charge is 0.496 e. The summed E-state index contributed by atoms with van der Waals surface area (Å²) in [6.07, 6.45) is 0.105. The number of rotatable bonds is 6. The van der Waals surface area contributed by atoms with Gasteiger partial charge in [-0.05, 0) is 32.0 Å².